The third-order valence-electron chi connectivity index (χ3n) is 5.00. The number of allylic oxidation sites excluding steroid dienone is 1. The van der Waals surface area contributed by atoms with Gasteiger partial charge in [-0.2, -0.15) is 0 Å². The fraction of sp³-hybridized carbons (Fsp3) is 0.182. The molecule has 3 N–H and O–H groups in total. The molecule has 0 saturated heterocycles. The van der Waals surface area contributed by atoms with Crippen molar-refractivity contribution in [1.82, 2.24) is 24.1 Å². The summed E-state index contributed by atoms with van der Waals surface area (Å²) in [6.45, 7) is 1.04. The SMILES string of the molecule is N=C1C(=Nc2c(OCCO)nn3ccccc23)C=C(OCCn2ccnc2)c2[nH]ccc21. The molecule has 0 unspecified atom stereocenters. The predicted octanol–water partition coefficient (Wildman–Crippen LogP) is 2.44. The number of hydrogen-bond acceptors (Lipinski definition) is 7. The van der Waals surface area contributed by atoms with E-state index in [1.807, 2.05) is 35.0 Å². The van der Waals surface area contributed by atoms with Crippen molar-refractivity contribution in [3.63, 3.8) is 0 Å². The van der Waals surface area contributed by atoms with Gasteiger partial charge in [-0.05, 0) is 18.2 Å². The largest absolute Gasteiger partial charge is 0.489 e. The number of aliphatic hydroxyl groups is 1. The molecule has 0 aromatic carbocycles. The normalized spacial score (nSPS) is 14.6. The van der Waals surface area contributed by atoms with E-state index in [-0.39, 0.29) is 18.9 Å². The number of rotatable bonds is 8. The monoisotopic (exact) mass is 431 g/mol. The molecule has 0 aliphatic heterocycles. The van der Waals surface area contributed by atoms with Crippen molar-refractivity contribution in [1.29, 1.82) is 5.41 Å². The highest BCUT2D eigenvalue weighted by atomic mass is 16.5. The quantitative estimate of drug-likeness (QED) is 0.395. The van der Waals surface area contributed by atoms with Crippen LogP contribution in [0.15, 0.2) is 66.4 Å². The Morgan fingerprint density at radius 2 is 2.09 bits per heavy atom. The first-order valence-corrected chi connectivity index (χ1v) is 10.1. The van der Waals surface area contributed by atoms with Gasteiger partial charge in [0, 0.05) is 36.4 Å². The summed E-state index contributed by atoms with van der Waals surface area (Å²) in [4.78, 5) is 11.9. The second-order valence-electron chi connectivity index (χ2n) is 7.05. The van der Waals surface area contributed by atoms with Crippen LogP contribution < -0.4 is 4.74 Å². The first-order chi connectivity index (χ1) is 15.7. The smallest absolute Gasteiger partial charge is 0.260 e. The third-order valence-corrected chi connectivity index (χ3v) is 5.00. The zero-order valence-electron chi connectivity index (χ0n) is 17.1. The number of imidazole rings is 1. The molecule has 32 heavy (non-hydrogen) atoms. The fourth-order valence-electron chi connectivity index (χ4n) is 3.50. The van der Waals surface area contributed by atoms with Crippen LogP contribution in [0.25, 0.3) is 11.3 Å². The lowest BCUT2D eigenvalue weighted by Gasteiger charge is -2.17. The number of nitrogens with zero attached hydrogens (tertiary/aromatic N) is 5. The lowest BCUT2D eigenvalue weighted by atomic mass is 9.98. The highest BCUT2D eigenvalue weighted by Gasteiger charge is 2.25. The standard InChI is InChI=1S/C22H21N7O3/c23-19-15-4-5-25-20(15)18(31-11-9-28-8-6-24-14-28)13-16(19)26-21-17-3-1-2-7-29(17)27-22(21)32-12-10-30/h1-8,13-14,23,25,30H,9-12H2. The number of hydrogen-bond donors (Lipinski definition) is 3. The summed E-state index contributed by atoms with van der Waals surface area (Å²) in [5.74, 6) is 0.899. The Morgan fingerprint density at radius 3 is 2.94 bits per heavy atom. The molecule has 162 valence electrons. The minimum Gasteiger partial charge on any atom is -0.489 e. The minimum absolute atomic E-state index is 0.0968. The first-order valence-electron chi connectivity index (χ1n) is 10.1. The lowest BCUT2D eigenvalue weighted by Crippen LogP contribution is -2.19. The van der Waals surface area contributed by atoms with Crippen molar-refractivity contribution >= 4 is 28.4 Å². The Labute approximate surface area is 183 Å². The number of aliphatic imine (C=N–C) groups is 1. The van der Waals surface area contributed by atoms with Crippen LogP contribution in [0.1, 0.15) is 11.3 Å². The Kier molecular flexibility index (Phi) is 5.26. The molecule has 0 bridgehead atoms. The van der Waals surface area contributed by atoms with E-state index in [9.17, 15) is 0 Å². The van der Waals surface area contributed by atoms with E-state index in [4.69, 9.17) is 25.0 Å². The molecule has 0 spiro atoms. The average Bonchev–Trinajstić information content (AvgIpc) is 3.56. The summed E-state index contributed by atoms with van der Waals surface area (Å²) in [6, 6.07) is 7.44. The first kappa shape index (κ1) is 19.8. The Hall–Kier alpha value is -4.18. The number of pyridine rings is 1. The molecule has 4 aromatic rings. The summed E-state index contributed by atoms with van der Waals surface area (Å²) < 4.78 is 15.2. The van der Waals surface area contributed by atoms with Crippen molar-refractivity contribution in [3.05, 3.63) is 72.7 Å². The van der Waals surface area contributed by atoms with Crippen LogP contribution >= 0.6 is 0 Å². The van der Waals surface area contributed by atoms with Crippen LogP contribution in [-0.2, 0) is 11.3 Å². The maximum Gasteiger partial charge on any atom is 0.260 e. The highest BCUT2D eigenvalue weighted by molar-refractivity contribution is 6.54. The molecule has 5 rings (SSSR count). The molecule has 0 saturated carbocycles. The van der Waals surface area contributed by atoms with E-state index in [0.717, 1.165) is 11.2 Å². The van der Waals surface area contributed by atoms with E-state index in [0.29, 0.717) is 41.8 Å². The molecule has 4 heterocycles. The van der Waals surface area contributed by atoms with Crippen molar-refractivity contribution in [3.8, 4) is 5.88 Å². The van der Waals surface area contributed by atoms with Gasteiger partial charge in [0.2, 0.25) is 0 Å². The van der Waals surface area contributed by atoms with E-state index >= 15 is 0 Å². The Morgan fingerprint density at radius 1 is 1.16 bits per heavy atom. The lowest BCUT2D eigenvalue weighted by molar-refractivity contribution is 0.197. The van der Waals surface area contributed by atoms with Gasteiger partial charge >= 0.3 is 0 Å². The number of H-pyrrole nitrogens is 1. The van der Waals surface area contributed by atoms with Crippen LogP contribution in [0, 0.1) is 5.41 Å². The molecule has 10 nitrogen and oxygen atoms in total. The van der Waals surface area contributed by atoms with Crippen molar-refractivity contribution in [2.24, 2.45) is 4.99 Å². The van der Waals surface area contributed by atoms with Gasteiger partial charge in [0.1, 0.15) is 19.0 Å². The van der Waals surface area contributed by atoms with Crippen molar-refractivity contribution in [2.75, 3.05) is 19.8 Å². The zero-order valence-corrected chi connectivity index (χ0v) is 17.1. The Bertz CT molecular complexity index is 1310. The fourth-order valence-corrected chi connectivity index (χ4v) is 3.50. The molecule has 0 radical (unpaired) electrons. The number of nitrogens with one attached hydrogen (secondary N) is 2. The van der Waals surface area contributed by atoms with Gasteiger partial charge in [-0.1, -0.05) is 6.07 Å². The molecular weight excluding hydrogens is 410 g/mol. The van der Waals surface area contributed by atoms with Gasteiger partial charge in [-0.15, -0.1) is 5.10 Å². The minimum atomic E-state index is -0.138. The molecule has 4 aromatic heterocycles. The van der Waals surface area contributed by atoms with E-state index in [1.54, 1.807) is 35.5 Å². The number of ether oxygens (including phenoxy) is 2. The summed E-state index contributed by atoms with van der Waals surface area (Å²) in [5, 5.41) is 22.2. The van der Waals surface area contributed by atoms with Crippen molar-refractivity contribution in [2.45, 2.75) is 6.54 Å². The summed E-state index contributed by atoms with van der Waals surface area (Å²) in [5.41, 5.74) is 3.38. The number of aromatic amines is 1. The van der Waals surface area contributed by atoms with Gasteiger partial charge in [0.05, 0.1) is 42.1 Å². The molecule has 10 heteroatoms. The highest BCUT2D eigenvalue weighted by Crippen LogP contribution is 2.34. The molecule has 0 atom stereocenters. The van der Waals surface area contributed by atoms with Crippen LogP contribution in [0.4, 0.5) is 5.69 Å². The van der Waals surface area contributed by atoms with E-state index < -0.39 is 0 Å². The number of aromatic nitrogens is 5. The second kappa shape index (κ2) is 8.52. The van der Waals surface area contributed by atoms with Crippen LogP contribution in [0.5, 0.6) is 5.88 Å². The second-order valence-corrected chi connectivity index (χ2v) is 7.05. The van der Waals surface area contributed by atoms with Gasteiger partial charge in [0.15, 0.2) is 5.69 Å². The van der Waals surface area contributed by atoms with Gasteiger partial charge < -0.3 is 24.1 Å². The summed E-state index contributed by atoms with van der Waals surface area (Å²) in [6.07, 6.45) is 10.7. The number of aliphatic hydroxyl groups excluding tert-OH is 1. The third kappa shape index (κ3) is 3.67. The van der Waals surface area contributed by atoms with Gasteiger partial charge in [-0.25, -0.2) is 14.5 Å². The average molecular weight is 431 g/mol. The maximum atomic E-state index is 9.16. The molecule has 1 aliphatic rings. The van der Waals surface area contributed by atoms with Crippen molar-refractivity contribution < 1.29 is 14.6 Å². The van der Waals surface area contributed by atoms with Crippen LogP contribution in [0.2, 0.25) is 0 Å². The van der Waals surface area contributed by atoms with E-state index in [1.165, 1.54) is 0 Å². The van der Waals surface area contributed by atoms with Gasteiger partial charge in [-0.3, -0.25) is 5.41 Å². The summed E-state index contributed by atoms with van der Waals surface area (Å²) in [7, 11) is 0. The van der Waals surface area contributed by atoms with Gasteiger partial charge in [0.25, 0.3) is 5.88 Å². The number of fused-ring (bicyclic) bond motifs is 2. The topological polar surface area (TPSA) is 126 Å². The molecule has 1 aliphatic carbocycles. The zero-order chi connectivity index (χ0) is 21.9. The molecule has 0 fully saturated rings. The van der Waals surface area contributed by atoms with Crippen LogP contribution in [-0.4, -0.2) is 60.5 Å². The Balaban J connectivity index is 1.51. The summed E-state index contributed by atoms with van der Waals surface area (Å²) >= 11 is 0. The van der Waals surface area contributed by atoms with E-state index in [2.05, 4.69) is 15.1 Å². The molecule has 0 amide bonds. The predicted molar refractivity (Wildman–Crippen MR) is 119 cm³/mol. The molecular formula is C22H21N7O3. The maximum absolute atomic E-state index is 9.16. The van der Waals surface area contributed by atoms with Crippen LogP contribution in [0.3, 0.4) is 0 Å².